The first-order chi connectivity index (χ1) is 8.08. The van der Waals surface area contributed by atoms with Crippen LogP contribution in [0.1, 0.15) is 17.4 Å². The molecule has 0 aliphatic heterocycles. The van der Waals surface area contributed by atoms with Gasteiger partial charge in [0.05, 0.1) is 12.4 Å². The average molecular weight is 238 g/mol. The van der Waals surface area contributed by atoms with Crippen molar-refractivity contribution in [3.63, 3.8) is 0 Å². The van der Waals surface area contributed by atoms with E-state index in [0.29, 0.717) is 0 Å². The second-order valence-corrected chi connectivity index (χ2v) is 3.24. The molecule has 0 saturated heterocycles. The van der Waals surface area contributed by atoms with Crippen LogP contribution in [0.3, 0.4) is 0 Å². The van der Waals surface area contributed by atoms with Gasteiger partial charge in [-0.25, -0.2) is 10.8 Å². The quantitative estimate of drug-likeness (QED) is 0.379. The molecule has 0 aliphatic carbocycles. The van der Waals surface area contributed by atoms with Gasteiger partial charge in [-0.3, -0.25) is 14.6 Å². The third-order valence-corrected chi connectivity index (χ3v) is 2.00. The van der Waals surface area contributed by atoms with Crippen LogP contribution >= 0.6 is 0 Å². The lowest BCUT2D eigenvalue weighted by atomic mass is 10.3. The van der Waals surface area contributed by atoms with Gasteiger partial charge in [-0.1, -0.05) is 0 Å². The number of anilines is 1. The lowest BCUT2D eigenvalue weighted by molar-refractivity contribution is -0.122. The molecular formula is C9H14N6O2. The van der Waals surface area contributed by atoms with Gasteiger partial charge in [0.25, 0.3) is 5.91 Å². The normalized spacial score (nSPS) is 11.5. The van der Waals surface area contributed by atoms with Gasteiger partial charge in [0.1, 0.15) is 11.7 Å². The number of carbonyl (C=O) groups is 2. The largest absolute Gasteiger partial charge is 0.357 e. The summed E-state index contributed by atoms with van der Waals surface area (Å²) in [6.45, 7) is 1.56. The molecule has 0 spiro atoms. The SMILES string of the molecule is CNC(=O)C(C)NC(=O)c1cncc(NN)n1. The predicted molar refractivity (Wildman–Crippen MR) is 60.8 cm³/mol. The number of nitrogens with zero attached hydrogens (tertiary/aromatic N) is 2. The summed E-state index contributed by atoms with van der Waals surface area (Å²) < 4.78 is 0. The molecule has 1 unspecified atom stereocenters. The molecule has 92 valence electrons. The van der Waals surface area contributed by atoms with Crippen LogP contribution < -0.4 is 21.9 Å². The molecular weight excluding hydrogens is 224 g/mol. The summed E-state index contributed by atoms with van der Waals surface area (Å²) in [5.74, 6) is 4.62. The van der Waals surface area contributed by atoms with E-state index in [1.165, 1.54) is 19.4 Å². The van der Waals surface area contributed by atoms with E-state index in [1.54, 1.807) is 6.92 Å². The van der Waals surface area contributed by atoms with Crippen LogP contribution in [0.15, 0.2) is 12.4 Å². The van der Waals surface area contributed by atoms with Gasteiger partial charge in [-0.2, -0.15) is 0 Å². The summed E-state index contributed by atoms with van der Waals surface area (Å²) in [6, 6.07) is -0.649. The molecule has 8 heteroatoms. The van der Waals surface area contributed by atoms with Crippen LogP contribution in [0.25, 0.3) is 0 Å². The van der Waals surface area contributed by atoms with Crippen molar-refractivity contribution in [2.75, 3.05) is 12.5 Å². The van der Waals surface area contributed by atoms with Gasteiger partial charge in [0.2, 0.25) is 5.91 Å². The van der Waals surface area contributed by atoms with Crippen molar-refractivity contribution in [2.45, 2.75) is 13.0 Å². The molecule has 0 aliphatic rings. The van der Waals surface area contributed by atoms with E-state index in [1.807, 2.05) is 0 Å². The Hall–Kier alpha value is -2.22. The van der Waals surface area contributed by atoms with Crippen molar-refractivity contribution in [1.82, 2.24) is 20.6 Å². The summed E-state index contributed by atoms with van der Waals surface area (Å²) in [5, 5.41) is 4.90. The van der Waals surface area contributed by atoms with Crippen LogP contribution in [0.5, 0.6) is 0 Å². The van der Waals surface area contributed by atoms with Crippen LogP contribution in [0, 0.1) is 0 Å². The Bertz CT molecular complexity index is 422. The van der Waals surface area contributed by atoms with Gasteiger partial charge in [0, 0.05) is 7.05 Å². The molecule has 17 heavy (non-hydrogen) atoms. The van der Waals surface area contributed by atoms with Gasteiger partial charge in [0.15, 0.2) is 5.82 Å². The van der Waals surface area contributed by atoms with E-state index in [9.17, 15) is 9.59 Å². The Morgan fingerprint density at radius 3 is 2.71 bits per heavy atom. The van der Waals surface area contributed by atoms with Crippen molar-refractivity contribution in [1.29, 1.82) is 0 Å². The molecule has 2 amide bonds. The number of hydrogen-bond donors (Lipinski definition) is 4. The maximum Gasteiger partial charge on any atom is 0.272 e. The van der Waals surface area contributed by atoms with E-state index >= 15 is 0 Å². The zero-order chi connectivity index (χ0) is 12.8. The smallest absolute Gasteiger partial charge is 0.272 e. The Kier molecular flexibility index (Phi) is 4.35. The van der Waals surface area contributed by atoms with E-state index in [2.05, 4.69) is 26.0 Å². The van der Waals surface area contributed by atoms with Crippen molar-refractivity contribution < 1.29 is 9.59 Å². The first kappa shape index (κ1) is 12.8. The molecule has 0 bridgehead atoms. The molecule has 5 N–H and O–H groups in total. The van der Waals surface area contributed by atoms with E-state index in [4.69, 9.17) is 5.84 Å². The molecule has 1 rings (SSSR count). The topological polar surface area (TPSA) is 122 Å². The number of nitrogens with two attached hydrogens (primary N) is 1. The molecule has 0 saturated carbocycles. The average Bonchev–Trinajstić information content (AvgIpc) is 2.37. The first-order valence-corrected chi connectivity index (χ1v) is 4.89. The van der Waals surface area contributed by atoms with Crippen molar-refractivity contribution in [3.8, 4) is 0 Å². The fourth-order valence-electron chi connectivity index (χ4n) is 1.10. The maximum absolute atomic E-state index is 11.7. The highest BCUT2D eigenvalue weighted by Crippen LogP contribution is 2.00. The number of nitrogens with one attached hydrogen (secondary N) is 3. The second kappa shape index (κ2) is 5.75. The second-order valence-electron chi connectivity index (χ2n) is 3.24. The third-order valence-electron chi connectivity index (χ3n) is 2.00. The van der Waals surface area contributed by atoms with Crippen molar-refractivity contribution in [2.24, 2.45) is 5.84 Å². The van der Waals surface area contributed by atoms with Crippen molar-refractivity contribution in [3.05, 3.63) is 18.1 Å². The molecule has 1 aromatic heterocycles. The summed E-state index contributed by atoms with van der Waals surface area (Å²) in [7, 11) is 1.49. The number of aromatic nitrogens is 2. The lowest BCUT2D eigenvalue weighted by Gasteiger charge is -2.11. The molecule has 1 atom stereocenters. The molecule has 0 aromatic carbocycles. The third kappa shape index (κ3) is 3.38. The molecule has 8 nitrogen and oxygen atoms in total. The number of likely N-dealkylation sites (N-methyl/N-ethyl adjacent to an activating group) is 1. The number of hydrogen-bond acceptors (Lipinski definition) is 6. The zero-order valence-electron chi connectivity index (χ0n) is 9.52. The van der Waals surface area contributed by atoms with Gasteiger partial charge < -0.3 is 16.1 Å². The van der Waals surface area contributed by atoms with Crippen LogP contribution in [-0.4, -0.2) is 34.9 Å². The Labute approximate surface area is 98.0 Å². The van der Waals surface area contributed by atoms with E-state index in [0.717, 1.165) is 0 Å². The first-order valence-electron chi connectivity index (χ1n) is 4.89. The fraction of sp³-hybridized carbons (Fsp3) is 0.333. The number of amides is 2. The predicted octanol–water partition coefficient (Wildman–Crippen LogP) is -1.37. The summed E-state index contributed by atoms with van der Waals surface area (Å²) in [5.41, 5.74) is 2.36. The number of hydrazine groups is 1. The Balaban J connectivity index is 2.72. The van der Waals surface area contributed by atoms with Crippen molar-refractivity contribution >= 4 is 17.6 Å². The summed E-state index contributed by atoms with van der Waals surface area (Å²) >= 11 is 0. The van der Waals surface area contributed by atoms with Crippen LogP contribution in [-0.2, 0) is 4.79 Å². The number of nitrogen functional groups attached to an aromatic ring is 1. The summed E-state index contributed by atoms with van der Waals surface area (Å²) in [4.78, 5) is 30.6. The van der Waals surface area contributed by atoms with E-state index < -0.39 is 11.9 Å². The highest BCUT2D eigenvalue weighted by Gasteiger charge is 2.16. The highest BCUT2D eigenvalue weighted by atomic mass is 16.2. The molecule has 1 heterocycles. The zero-order valence-corrected chi connectivity index (χ0v) is 9.52. The summed E-state index contributed by atoms with van der Waals surface area (Å²) in [6.07, 6.45) is 2.66. The van der Waals surface area contributed by atoms with Gasteiger partial charge >= 0.3 is 0 Å². The highest BCUT2D eigenvalue weighted by molar-refractivity contribution is 5.95. The Morgan fingerprint density at radius 1 is 1.41 bits per heavy atom. The minimum Gasteiger partial charge on any atom is -0.357 e. The minimum absolute atomic E-state index is 0.0798. The van der Waals surface area contributed by atoms with Gasteiger partial charge in [-0.15, -0.1) is 0 Å². The lowest BCUT2D eigenvalue weighted by Crippen LogP contribution is -2.43. The van der Waals surface area contributed by atoms with Crippen LogP contribution in [0.2, 0.25) is 0 Å². The Morgan fingerprint density at radius 2 is 2.12 bits per heavy atom. The standard InChI is InChI=1S/C9H14N6O2/c1-5(8(16)11-2)13-9(17)6-3-12-4-7(14-6)15-10/h3-5H,10H2,1-2H3,(H,11,16)(H,13,17)(H,14,15). The van der Waals surface area contributed by atoms with Gasteiger partial charge in [-0.05, 0) is 6.92 Å². The number of carbonyl (C=O) groups excluding carboxylic acids is 2. The minimum atomic E-state index is -0.649. The maximum atomic E-state index is 11.7. The monoisotopic (exact) mass is 238 g/mol. The molecule has 0 radical (unpaired) electrons. The molecule has 0 fully saturated rings. The van der Waals surface area contributed by atoms with E-state index in [-0.39, 0.29) is 17.4 Å². The molecule has 1 aromatic rings. The van der Waals surface area contributed by atoms with Crippen LogP contribution in [0.4, 0.5) is 5.82 Å². The fourth-order valence-corrected chi connectivity index (χ4v) is 1.10. The number of rotatable bonds is 4.